The number of carbonyl (C=O) groups excluding carboxylic acids is 1. The van der Waals surface area contributed by atoms with E-state index in [1.165, 1.54) is 13.2 Å². The van der Waals surface area contributed by atoms with Crippen LogP contribution in [-0.2, 0) is 11.2 Å². The van der Waals surface area contributed by atoms with E-state index in [9.17, 15) is 9.90 Å². The Bertz CT molecular complexity index is 630. The Balaban J connectivity index is 1.94. The summed E-state index contributed by atoms with van der Waals surface area (Å²) in [5.74, 6) is 0.258. The van der Waals surface area contributed by atoms with Crippen molar-refractivity contribution in [3.63, 3.8) is 0 Å². The van der Waals surface area contributed by atoms with Crippen LogP contribution < -0.4 is 10.1 Å². The molecule has 3 N–H and O–H groups in total. The zero-order chi connectivity index (χ0) is 15.4. The van der Waals surface area contributed by atoms with Crippen LogP contribution in [0.5, 0.6) is 11.5 Å². The minimum atomic E-state index is -0.112. The van der Waals surface area contributed by atoms with Crippen molar-refractivity contribution in [3.8, 4) is 11.5 Å². The van der Waals surface area contributed by atoms with Gasteiger partial charge in [-0.15, -0.1) is 0 Å². The lowest BCUT2D eigenvalue weighted by Gasteiger charge is -2.08. The van der Waals surface area contributed by atoms with Gasteiger partial charge in [0.25, 0.3) is 0 Å². The standard InChI is InChI=1S/C15H19N3O3/c1-9-12(10(2)18-17-9)5-7-15(20)16-11-4-6-14(21-3)13(19)8-11/h4,6,8,19H,5,7H2,1-3H3,(H,16,20)(H,17,18). The fraction of sp³-hybridized carbons (Fsp3) is 0.333. The zero-order valence-electron chi connectivity index (χ0n) is 12.4. The quantitative estimate of drug-likeness (QED) is 0.788. The van der Waals surface area contributed by atoms with Crippen molar-refractivity contribution in [2.45, 2.75) is 26.7 Å². The van der Waals surface area contributed by atoms with Gasteiger partial charge in [-0.1, -0.05) is 0 Å². The van der Waals surface area contributed by atoms with Crippen LogP contribution in [0.4, 0.5) is 5.69 Å². The molecular formula is C15H19N3O3. The first kappa shape index (κ1) is 14.9. The molecule has 0 unspecified atom stereocenters. The second kappa shape index (κ2) is 6.30. The van der Waals surface area contributed by atoms with Crippen LogP contribution in [-0.4, -0.2) is 28.3 Å². The summed E-state index contributed by atoms with van der Waals surface area (Å²) in [4.78, 5) is 11.9. The minimum absolute atomic E-state index is 0.00294. The van der Waals surface area contributed by atoms with Gasteiger partial charge in [0.15, 0.2) is 11.5 Å². The van der Waals surface area contributed by atoms with Crippen molar-refractivity contribution in [3.05, 3.63) is 35.2 Å². The summed E-state index contributed by atoms with van der Waals surface area (Å²) in [5, 5.41) is 19.4. The topological polar surface area (TPSA) is 87.2 Å². The highest BCUT2D eigenvalue weighted by atomic mass is 16.5. The number of phenols is 1. The highest BCUT2D eigenvalue weighted by Gasteiger charge is 2.10. The van der Waals surface area contributed by atoms with Gasteiger partial charge >= 0.3 is 0 Å². The SMILES string of the molecule is COc1ccc(NC(=O)CCc2c(C)n[nH]c2C)cc1O. The summed E-state index contributed by atoms with van der Waals surface area (Å²) in [6, 6.07) is 4.76. The number of aromatic nitrogens is 2. The Kier molecular flexibility index (Phi) is 4.47. The third-order valence-corrected chi connectivity index (χ3v) is 3.35. The molecule has 0 aliphatic rings. The molecule has 1 heterocycles. The Morgan fingerprint density at radius 1 is 1.43 bits per heavy atom. The van der Waals surface area contributed by atoms with Crippen LogP contribution in [0.1, 0.15) is 23.4 Å². The average molecular weight is 289 g/mol. The molecular weight excluding hydrogens is 270 g/mol. The Labute approximate surface area is 123 Å². The molecule has 0 aliphatic carbocycles. The van der Waals surface area contributed by atoms with Crippen molar-refractivity contribution in [1.82, 2.24) is 10.2 Å². The summed E-state index contributed by atoms with van der Waals surface area (Å²) < 4.78 is 4.95. The van der Waals surface area contributed by atoms with Crippen molar-refractivity contribution < 1.29 is 14.6 Å². The molecule has 112 valence electrons. The van der Waals surface area contributed by atoms with E-state index < -0.39 is 0 Å². The third kappa shape index (κ3) is 3.53. The predicted molar refractivity (Wildman–Crippen MR) is 79.7 cm³/mol. The van der Waals surface area contributed by atoms with Gasteiger partial charge < -0.3 is 15.2 Å². The zero-order valence-corrected chi connectivity index (χ0v) is 12.4. The fourth-order valence-corrected chi connectivity index (χ4v) is 2.17. The van der Waals surface area contributed by atoms with E-state index >= 15 is 0 Å². The molecule has 0 radical (unpaired) electrons. The smallest absolute Gasteiger partial charge is 0.224 e. The summed E-state index contributed by atoms with van der Waals surface area (Å²) in [7, 11) is 1.48. The second-order valence-corrected chi connectivity index (χ2v) is 4.85. The van der Waals surface area contributed by atoms with Crippen LogP contribution in [0, 0.1) is 13.8 Å². The number of aromatic amines is 1. The normalized spacial score (nSPS) is 10.4. The van der Waals surface area contributed by atoms with Gasteiger partial charge in [-0.3, -0.25) is 9.89 Å². The Morgan fingerprint density at radius 3 is 2.76 bits per heavy atom. The molecule has 0 saturated carbocycles. The van der Waals surface area contributed by atoms with E-state index in [4.69, 9.17) is 4.74 Å². The second-order valence-electron chi connectivity index (χ2n) is 4.85. The van der Waals surface area contributed by atoms with Gasteiger partial charge in [-0.25, -0.2) is 0 Å². The van der Waals surface area contributed by atoms with Gasteiger partial charge in [0.2, 0.25) is 5.91 Å². The number of benzene rings is 1. The molecule has 21 heavy (non-hydrogen) atoms. The number of nitrogens with zero attached hydrogens (tertiary/aromatic N) is 1. The molecule has 1 aromatic heterocycles. The summed E-state index contributed by atoms with van der Waals surface area (Å²) >= 11 is 0. The van der Waals surface area contributed by atoms with Gasteiger partial charge in [0.1, 0.15) is 0 Å². The number of amides is 1. The minimum Gasteiger partial charge on any atom is -0.504 e. The number of aromatic hydroxyl groups is 1. The Morgan fingerprint density at radius 2 is 2.19 bits per heavy atom. The number of hydrogen-bond donors (Lipinski definition) is 3. The van der Waals surface area contributed by atoms with Gasteiger partial charge in [-0.05, 0) is 38.0 Å². The number of rotatable bonds is 5. The maximum Gasteiger partial charge on any atom is 0.224 e. The number of aryl methyl sites for hydroxylation is 2. The molecule has 0 atom stereocenters. The maximum absolute atomic E-state index is 11.9. The van der Waals surface area contributed by atoms with Crippen LogP contribution in [0.2, 0.25) is 0 Å². The molecule has 1 amide bonds. The number of carbonyl (C=O) groups is 1. The predicted octanol–water partition coefficient (Wildman–Crippen LogP) is 2.31. The molecule has 2 aromatic rings. The first-order valence-corrected chi connectivity index (χ1v) is 6.68. The van der Waals surface area contributed by atoms with Crippen LogP contribution in [0.3, 0.4) is 0 Å². The number of hydrogen-bond acceptors (Lipinski definition) is 4. The van der Waals surface area contributed by atoms with Crippen LogP contribution in [0.15, 0.2) is 18.2 Å². The number of phenolic OH excluding ortho intramolecular Hbond substituents is 1. The summed E-state index contributed by atoms with van der Waals surface area (Å²) in [5.41, 5.74) is 3.52. The van der Waals surface area contributed by atoms with E-state index in [1.807, 2.05) is 13.8 Å². The first-order valence-electron chi connectivity index (χ1n) is 6.68. The molecule has 0 saturated heterocycles. The monoisotopic (exact) mass is 289 g/mol. The van der Waals surface area contributed by atoms with Crippen LogP contribution in [0.25, 0.3) is 0 Å². The van der Waals surface area contributed by atoms with E-state index in [-0.39, 0.29) is 11.7 Å². The summed E-state index contributed by atoms with van der Waals surface area (Å²) in [6.45, 7) is 3.85. The number of ether oxygens (including phenoxy) is 1. The van der Waals surface area contributed by atoms with Gasteiger partial charge in [0.05, 0.1) is 12.8 Å². The lowest BCUT2D eigenvalue weighted by molar-refractivity contribution is -0.116. The van der Waals surface area contributed by atoms with Crippen molar-refractivity contribution in [2.24, 2.45) is 0 Å². The third-order valence-electron chi connectivity index (χ3n) is 3.35. The van der Waals surface area contributed by atoms with E-state index in [1.54, 1.807) is 12.1 Å². The van der Waals surface area contributed by atoms with Crippen LogP contribution >= 0.6 is 0 Å². The lowest BCUT2D eigenvalue weighted by Crippen LogP contribution is -2.12. The largest absolute Gasteiger partial charge is 0.504 e. The molecule has 1 aromatic carbocycles. The highest BCUT2D eigenvalue weighted by molar-refractivity contribution is 5.91. The Hall–Kier alpha value is -2.50. The number of anilines is 1. The lowest BCUT2D eigenvalue weighted by atomic mass is 10.1. The van der Waals surface area contributed by atoms with Crippen molar-refractivity contribution >= 4 is 11.6 Å². The highest BCUT2D eigenvalue weighted by Crippen LogP contribution is 2.28. The fourth-order valence-electron chi connectivity index (χ4n) is 2.17. The molecule has 0 aliphatic heterocycles. The molecule has 0 fully saturated rings. The van der Waals surface area contributed by atoms with Gasteiger partial charge in [-0.2, -0.15) is 5.10 Å². The molecule has 6 heteroatoms. The molecule has 0 spiro atoms. The number of nitrogens with one attached hydrogen (secondary N) is 2. The van der Waals surface area contributed by atoms with E-state index in [2.05, 4.69) is 15.5 Å². The van der Waals surface area contributed by atoms with Crippen molar-refractivity contribution in [1.29, 1.82) is 0 Å². The summed E-state index contributed by atoms with van der Waals surface area (Å²) in [6.07, 6.45) is 0.982. The molecule has 2 rings (SSSR count). The number of methoxy groups -OCH3 is 1. The maximum atomic E-state index is 11.9. The van der Waals surface area contributed by atoms with E-state index in [0.717, 1.165) is 17.0 Å². The number of H-pyrrole nitrogens is 1. The molecule has 0 bridgehead atoms. The van der Waals surface area contributed by atoms with Gasteiger partial charge in [0, 0.05) is 23.9 Å². The average Bonchev–Trinajstić information content (AvgIpc) is 2.76. The molecule has 6 nitrogen and oxygen atoms in total. The van der Waals surface area contributed by atoms with Crippen molar-refractivity contribution in [2.75, 3.05) is 12.4 Å². The van der Waals surface area contributed by atoms with E-state index in [0.29, 0.717) is 24.3 Å². The first-order chi connectivity index (χ1) is 10.0.